The predicted octanol–water partition coefficient (Wildman–Crippen LogP) is 4.33. The van der Waals surface area contributed by atoms with Crippen LogP contribution in [0.2, 0.25) is 5.02 Å². The monoisotopic (exact) mass is 364 g/mol. The second-order valence-corrected chi connectivity index (χ2v) is 6.41. The Morgan fingerprint density at radius 1 is 1.23 bits per heavy atom. The largest absolute Gasteiger partial charge is 0.319 e. The summed E-state index contributed by atoms with van der Waals surface area (Å²) >= 11 is 6.04. The zero-order valence-corrected chi connectivity index (χ0v) is 15.2. The third-order valence-corrected chi connectivity index (χ3v) is 4.35. The van der Waals surface area contributed by atoms with Crippen LogP contribution in [0.3, 0.4) is 0 Å². The molecule has 1 N–H and O–H groups in total. The van der Waals surface area contributed by atoms with Gasteiger partial charge >= 0.3 is 0 Å². The zero-order valence-electron chi connectivity index (χ0n) is 14.5. The van der Waals surface area contributed by atoms with E-state index in [0.717, 1.165) is 17.0 Å². The first-order chi connectivity index (χ1) is 12.5. The molecule has 5 nitrogen and oxygen atoms in total. The van der Waals surface area contributed by atoms with Crippen molar-refractivity contribution in [2.75, 3.05) is 5.32 Å². The van der Waals surface area contributed by atoms with Gasteiger partial charge in [0.1, 0.15) is 0 Å². The number of hydrogen-bond acceptors (Lipinski definition) is 3. The van der Waals surface area contributed by atoms with Gasteiger partial charge in [-0.05, 0) is 55.8 Å². The first-order valence-electron chi connectivity index (χ1n) is 8.08. The zero-order chi connectivity index (χ0) is 18.7. The molecule has 6 heteroatoms. The van der Waals surface area contributed by atoms with Crippen molar-refractivity contribution in [3.63, 3.8) is 0 Å². The van der Waals surface area contributed by atoms with Crippen molar-refractivity contribution in [3.8, 4) is 6.07 Å². The molecule has 0 radical (unpaired) electrons. The Balaban J connectivity index is 1.81. The van der Waals surface area contributed by atoms with Gasteiger partial charge in [-0.15, -0.1) is 0 Å². The van der Waals surface area contributed by atoms with Gasteiger partial charge in [0.15, 0.2) is 0 Å². The molecular formula is C20H17ClN4O. The minimum absolute atomic E-state index is 0.233. The normalized spacial score (nSPS) is 10.4. The van der Waals surface area contributed by atoms with E-state index in [2.05, 4.69) is 10.4 Å². The molecule has 130 valence electrons. The maximum absolute atomic E-state index is 12.5. The van der Waals surface area contributed by atoms with Crippen molar-refractivity contribution in [3.05, 3.63) is 81.6 Å². The van der Waals surface area contributed by atoms with E-state index in [1.54, 1.807) is 24.3 Å². The lowest BCUT2D eigenvalue weighted by atomic mass is 10.1. The smallest absolute Gasteiger partial charge is 0.255 e. The molecule has 0 spiro atoms. The maximum atomic E-state index is 12.5. The Kier molecular flexibility index (Phi) is 5.06. The quantitative estimate of drug-likeness (QED) is 0.749. The molecule has 0 fully saturated rings. The SMILES string of the molecule is Cc1nn(Cc2cccc(Cl)c2)c(C)c1NC(=O)c1ccc(C#N)cc1. The van der Waals surface area contributed by atoms with Crippen molar-refractivity contribution in [2.45, 2.75) is 20.4 Å². The highest BCUT2D eigenvalue weighted by Gasteiger charge is 2.15. The molecule has 1 aromatic heterocycles. The number of carbonyl (C=O) groups is 1. The van der Waals surface area contributed by atoms with E-state index in [0.29, 0.717) is 28.4 Å². The Labute approximate surface area is 156 Å². The Hall–Kier alpha value is -3.10. The number of aromatic nitrogens is 2. The molecule has 3 rings (SSSR count). The number of hydrogen-bond donors (Lipinski definition) is 1. The average Bonchev–Trinajstić information content (AvgIpc) is 2.89. The minimum Gasteiger partial charge on any atom is -0.319 e. The number of nitrogens with one attached hydrogen (secondary N) is 1. The molecule has 26 heavy (non-hydrogen) atoms. The molecule has 0 atom stereocenters. The van der Waals surface area contributed by atoms with Crippen LogP contribution in [0.1, 0.15) is 32.9 Å². The Morgan fingerprint density at radius 3 is 2.62 bits per heavy atom. The Morgan fingerprint density at radius 2 is 1.96 bits per heavy atom. The summed E-state index contributed by atoms with van der Waals surface area (Å²) in [5, 5.41) is 17.0. The number of amides is 1. The van der Waals surface area contributed by atoms with Crippen LogP contribution < -0.4 is 5.32 Å². The molecule has 0 aliphatic carbocycles. The molecule has 0 aliphatic heterocycles. The van der Waals surface area contributed by atoms with Gasteiger partial charge in [0.05, 0.1) is 35.3 Å². The van der Waals surface area contributed by atoms with Crippen LogP contribution in [0.5, 0.6) is 0 Å². The fourth-order valence-electron chi connectivity index (χ4n) is 2.72. The van der Waals surface area contributed by atoms with Crippen LogP contribution in [0.15, 0.2) is 48.5 Å². The van der Waals surface area contributed by atoms with E-state index in [4.69, 9.17) is 16.9 Å². The number of aryl methyl sites for hydroxylation is 1. The first kappa shape index (κ1) is 17.7. The number of nitriles is 1. The summed E-state index contributed by atoms with van der Waals surface area (Å²) in [5.41, 5.74) is 4.35. The number of nitrogens with zero attached hydrogens (tertiary/aromatic N) is 3. The maximum Gasteiger partial charge on any atom is 0.255 e. The molecule has 0 saturated heterocycles. The summed E-state index contributed by atoms with van der Waals surface area (Å²) in [6.45, 7) is 4.34. The van der Waals surface area contributed by atoms with Crippen molar-refractivity contribution in [1.29, 1.82) is 5.26 Å². The molecule has 1 heterocycles. The second-order valence-electron chi connectivity index (χ2n) is 5.98. The number of rotatable bonds is 4. The topological polar surface area (TPSA) is 70.7 Å². The lowest BCUT2D eigenvalue weighted by molar-refractivity contribution is 0.102. The van der Waals surface area contributed by atoms with Crippen molar-refractivity contribution in [2.24, 2.45) is 0 Å². The van der Waals surface area contributed by atoms with E-state index in [9.17, 15) is 4.79 Å². The van der Waals surface area contributed by atoms with Crippen LogP contribution in [0, 0.1) is 25.2 Å². The number of benzene rings is 2. The first-order valence-corrected chi connectivity index (χ1v) is 8.45. The van der Waals surface area contributed by atoms with Crippen LogP contribution >= 0.6 is 11.6 Å². The van der Waals surface area contributed by atoms with Crippen LogP contribution in [0.25, 0.3) is 0 Å². The van der Waals surface area contributed by atoms with Gasteiger partial charge in [0.2, 0.25) is 0 Å². The highest BCUT2D eigenvalue weighted by Crippen LogP contribution is 2.22. The standard InChI is InChI=1S/C20H17ClN4O/c1-13-19(23-20(26)17-8-6-15(11-22)7-9-17)14(2)25(24-13)12-16-4-3-5-18(21)10-16/h3-10H,12H2,1-2H3,(H,23,26). The third-order valence-electron chi connectivity index (χ3n) is 4.12. The van der Waals surface area contributed by atoms with Crippen molar-refractivity contribution >= 4 is 23.2 Å². The lowest BCUT2D eigenvalue weighted by Gasteiger charge is -2.08. The predicted molar refractivity (Wildman–Crippen MR) is 101 cm³/mol. The van der Waals surface area contributed by atoms with Gasteiger partial charge in [0, 0.05) is 10.6 Å². The van der Waals surface area contributed by atoms with E-state index >= 15 is 0 Å². The summed E-state index contributed by atoms with van der Waals surface area (Å²) in [6.07, 6.45) is 0. The lowest BCUT2D eigenvalue weighted by Crippen LogP contribution is -2.13. The molecule has 0 saturated carbocycles. The third kappa shape index (κ3) is 3.76. The van der Waals surface area contributed by atoms with Crippen molar-refractivity contribution in [1.82, 2.24) is 9.78 Å². The Bertz CT molecular complexity index is 1000. The van der Waals surface area contributed by atoms with Gasteiger partial charge in [-0.25, -0.2) is 0 Å². The summed E-state index contributed by atoms with van der Waals surface area (Å²) < 4.78 is 1.84. The highest BCUT2D eigenvalue weighted by molar-refractivity contribution is 6.30. The van der Waals surface area contributed by atoms with Crippen LogP contribution in [-0.2, 0) is 6.54 Å². The van der Waals surface area contributed by atoms with E-state index in [1.807, 2.05) is 48.9 Å². The summed E-state index contributed by atoms with van der Waals surface area (Å²) in [4.78, 5) is 12.5. The fourth-order valence-corrected chi connectivity index (χ4v) is 2.93. The minimum atomic E-state index is -0.233. The van der Waals surface area contributed by atoms with Crippen LogP contribution in [0.4, 0.5) is 5.69 Å². The van der Waals surface area contributed by atoms with E-state index in [-0.39, 0.29) is 5.91 Å². The fraction of sp³-hybridized carbons (Fsp3) is 0.150. The molecule has 0 aliphatic rings. The summed E-state index contributed by atoms with van der Waals surface area (Å²) in [7, 11) is 0. The molecule has 0 unspecified atom stereocenters. The summed E-state index contributed by atoms with van der Waals surface area (Å²) in [6, 6.07) is 16.2. The number of carbonyl (C=O) groups excluding carboxylic acids is 1. The van der Waals surface area contributed by atoms with Crippen molar-refractivity contribution < 1.29 is 4.79 Å². The van der Waals surface area contributed by atoms with Gasteiger partial charge in [-0.2, -0.15) is 10.4 Å². The van der Waals surface area contributed by atoms with E-state index in [1.165, 1.54) is 0 Å². The van der Waals surface area contributed by atoms with Gasteiger partial charge < -0.3 is 5.32 Å². The van der Waals surface area contributed by atoms with E-state index < -0.39 is 0 Å². The molecule has 2 aromatic carbocycles. The second kappa shape index (κ2) is 7.42. The average molecular weight is 365 g/mol. The number of anilines is 1. The molecule has 0 bridgehead atoms. The van der Waals surface area contributed by atoms with Crippen LogP contribution in [-0.4, -0.2) is 15.7 Å². The molecule has 1 amide bonds. The number of halogens is 1. The van der Waals surface area contributed by atoms with Gasteiger partial charge in [-0.1, -0.05) is 23.7 Å². The van der Waals surface area contributed by atoms with Gasteiger partial charge in [0.25, 0.3) is 5.91 Å². The molecular weight excluding hydrogens is 348 g/mol. The highest BCUT2D eigenvalue weighted by atomic mass is 35.5. The van der Waals surface area contributed by atoms with Gasteiger partial charge in [-0.3, -0.25) is 9.48 Å². The molecule has 3 aromatic rings. The summed E-state index contributed by atoms with van der Waals surface area (Å²) in [5.74, 6) is -0.233.